The zero-order chi connectivity index (χ0) is 23.2. The summed E-state index contributed by atoms with van der Waals surface area (Å²) in [5, 5.41) is 0.755. The molecule has 4 rings (SSSR count). The van der Waals surface area contributed by atoms with Gasteiger partial charge in [0.1, 0.15) is 0 Å². The van der Waals surface area contributed by atoms with E-state index < -0.39 is 0 Å². The van der Waals surface area contributed by atoms with Gasteiger partial charge in [-0.15, -0.1) is 0 Å². The van der Waals surface area contributed by atoms with Crippen molar-refractivity contribution < 1.29 is 4.79 Å². The van der Waals surface area contributed by atoms with E-state index in [4.69, 9.17) is 11.6 Å². The van der Waals surface area contributed by atoms with Crippen LogP contribution in [0.2, 0.25) is 5.02 Å². The Balaban J connectivity index is 1.55. The number of nitrogens with zero attached hydrogens (tertiary/aromatic N) is 2. The summed E-state index contributed by atoms with van der Waals surface area (Å²) in [6, 6.07) is 30.2. The SMILES string of the molecule is CCC(C)N(Cc1cccn1Cc1ccccc1Cl)C(=O)c1ccc(-c2ccccc2)cc1. The highest BCUT2D eigenvalue weighted by atomic mass is 35.5. The van der Waals surface area contributed by atoms with Gasteiger partial charge < -0.3 is 9.47 Å². The van der Waals surface area contributed by atoms with E-state index in [2.05, 4.69) is 36.6 Å². The molecule has 1 aromatic heterocycles. The third-order valence-electron chi connectivity index (χ3n) is 6.18. The molecule has 0 spiro atoms. The minimum absolute atomic E-state index is 0.0504. The smallest absolute Gasteiger partial charge is 0.254 e. The molecule has 1 amide bonds. The molecule has 4 heteroatoms. The van der Waals surface area contributed by atoms with Crippen LogP contribution < -0.4 is 0 Å². The third kappa shape index (κ3) is 5.37. The van der Waals surface area contributed by atoms with Gasteiger partial charge in [-0.25, -0.2) is 0 Å². The van der Waals surface area contributed by atoms with Crippen LogP contribution in [0.1, 0.15) is 41.9 Å². The summed E-state index contributed by atoms with van der Waals surface area (Å²) in [6.07, 6.45) is 2.94. The van der Waals surface area contributed by atoms with Gasteiger partial charge in [-0.3, -0.25) is 4.79 Å². The van der Waals surface area contributed by atoms with Crippen molar-refractivity contribution in [3.05, 3.63) is 119 Å². The van der Waals surface area contributed by atoms with Crippen LogP contribution in [0.15, 0.2) is 97.2 Å². The predicted molar refractivity (Wildman–Crippen MR) is 136 cm³/mol. The molecule has 33 heavy (non-hydrogen) atoms. The quantitative estimate of drug-likeness (QED) is 0.273. The van der Waals surface area contributed by atoms with Crippen molar-refractivity contribution in [1.82, 2.24) is 9.47 Å². The highest BCUT2D eigenvalue weighted by molar-refractivity contribution is 6.31. The number of amides is 1. The molecule has 1 heterocycles. The molecule has 0 aliphatic rings. The summed E-state index contributed by atoms with van der Waals surface area (Å²) in [5.41, 5.74) is 5.11. The largest absolute Gasteiger partial charge is 0.345 e. The van der Waals surface area contributed by atoms with E-state index in [9.17, 15) is 4.79 Å². The molecule has 3 nitrogen and oxygen atoms in total. The molecule has 0 aliphatic carbocycles. The first-order valence-corrected chi connectivity index (χ1v) is 11.8. The Morgan fingerprint density at radius 1 is 0.879 bits per heavy atom. The molecule has 1 unspecified atom stereocenters. The van der Waals surface area contributed by atoms with Crippen molar-refractivity contribution in [2.45, 2.75) is 39.4 Å². The summed E-state index contributed by atoms with van der Waals surface area (Å²) in [7, 11) is 0. The first kappa shape index (κ1) is 22.9. The topological polar surface area (TPSA) is 25.2 Å². The number of hydrogen-bond donors (Lipinski definition) is 0. The van der Waals surface area contributed by atoms with E-state index in [0.717, 1.165) is 33.8 Å². The molecule has 0 aliphatic heterocycles. The van der Waals surface area contributed by atoms with Gasteiger partial charge in [0.2, 0.25) is 0 Å². The van der Waals surface area contributed by atoms with E-state index in [0.29, 0.717) is 18.7 Å². The lowest BCUT2D eigenvalue weighted by molar-refractivity contribution is 0.0667. The minimum atomic E-state index is 0.0504. The predicted octanol–water partition coefficient (Wildman–Crippen LogP) is 7.30. The van der Waals surface area contributed by atoms with Gasteiger partial charge in [0, 0.05) is 35.1 Å². The fourth-order valence-corrected chi connectivity index (χ4v) is 4.18. The lowest BCUT2D eigenvalue weighted by Crippen LogP contribution is -2.38. The molecule has 0 fully saturated rings. The Labute approximate surface area is 201 Å². The first-order valence-electron chi connectivity index (χ1n) is 11.4. The van der Waals surface area contributed by atoms with Gasteiger partial charge in [-0.05, 0) is 60.4 Å². The van der Waals surface area contributed by atoms with E-state index in [1.165, 1.54) is 0 Å². The highest BCUT2D eigenvalue weighted by Gasteiger charge is 2.22. The van der Waals surface area contributed by atoms with Crippen LogP contribution in [-0.4, -0.2) is 21.4 Å². The summed E-state index contributed by atoms with van der Waals surface area (Å²) < 4.78 is 2.17. The highest BCUT2D eigenvalue weighted by Crippen LogP contribution is 2.23. The Hall–Kier alpha value is -3.30. The number of carbonyl (C=O) groups excluding carboxylic acids is 1. The van der Waals surface area contributed by atoms with Gasteiger partial charge in [0.15, 0.2) is 0 Å². The van der Waals surface area contributed by atoms with E-state index >= 15 is 0 Å². The second kappa shape index (κ2) is 10.5. The monoisotopic (exact) mass is 456 g/mol. The van der Waals surface area contributed by atoms with Crippen LogP contribution in [-0.2, 0) is 13.1 Å². The average Bonchev–Trinajstić information content (AvgIpc) is 3.30. The maximum absolute atomic E-state index is 13.5. The Morgan fingerprint density at radius 2 is 1.55 bits per heavy atom. The molecule has 0 bridgehead atoms. The van der Waals surface area contributed by atoms with Crippen molar-refractivity contribution in [3.8, 4) is 11.1 Å². The number of rotatable bonds is 8. The van der Waals surface area contributed by atoms with Crippen LogP contribution in [0, 0.1) is 0 Å². The number of halogens is 1. The van der Waals surface area contributed by atoms with Crippen LogP contribution in [0.5, 0.6) is 0 Å². The lowest BCUT2D eigenvalue weighted by Gasteiger charge is -2.29. The molecule has 0 saturated heterocycles. The van der Waals surface area contributed by atoms with Crippen LogP contribution in [0.3, 0.4) is 0 Å². The van der Waals surface area contributed by atoms with Gasteiger partial charge in [-0.2, -0.15) is 0 Å². The molecule has 0 radical (unpaired) electrons. The molecule has 3 aromatic carbocycles. The molecule has 0 N–H and O–H groups in total. The maximum atomic E-state index is 13.5. The average molecular weight is 457 g/mol. The normalized spacial score (nSPS) is 11.8. The fourth-order valence-electron chi connectivity index (χ4n) is 3.98. The van der Waals surface area contributed by atoms with E-state index in [-0.39, 0.29) is 11.9 Å². The molecule has 1 atom stereocenters. The summed E-state index contributed by atoms with van der Waals surface area (Å²) in [5.74, 6) is 0.0504. The summed E-state index contributed by atoms with van der Waals surface area (Å²) in [6.45, 7) is 5.45. The summed E-state index contributed by atoms with van der Waals surface area (Å²) >= 11 is 6.38. The first-order chi connectivity index (χ1) is 16.1. The molecular weight excluding hydrogens is 428 g/mol. The van der Waals surface area contributed by atoms with Crippen LogP contribution in [0.4, 0.5) is 0 Å². The second-order valence-electron chi connectivity index (χ2n) is 8.35. The molecule has 168 valence electrons. The minimum Gasteiger partial charge on any atom is -0.345 e. The summed E-state index contributed by atoms with van der Waals surface area (Å²) in [4.78, 5) is 15.5. The van der Waals surface area contributed by atoms with Gasteiger partial charge in [0.25, 0.3) is 5.91 Å². The third-order valence-corrected chi connectivity index (χ3v) is 6.55. The van der Waals surface area contributed by atoms with Gasteiger partial charge in [-0.1, -0.05) is 79.2 Å². The number of hydrogen-bond acceptors (Lipinski definition) is 1. The second-order valence-corrected chi connectivity index (χ2v) is 8.76. The Morgan fingerprint density at radius 3 is 2.24 bits per heavy atom. The van der Waals surface area contributed by atoms with Crippen molar-refractivity contribution >= 4 is 17.5 Å². The number of carbonyl (C=O) groups is 1. The van der Waals surface area contributed by atoms with Crippen molar-refractivity contribution in [1.29, 1.82) is 0 Å². The fraction of sp³-hybridized carbons (Fsp3) is 0.207. The molecule has 4 aromatic rings. The van der Waals surface area contributed by atoms with Crippen molar-refractivity contribution in [3.63, 3.8) is 0 Å². The van der Waals surface area contributed by atoms with E-state index in [1.54, 1.807) is 0 Å². The van der Waals surface area contributed by atoms with Gasteiger partial charge in [0.05, 0.1) is 6.54 Å². The molecule has 0 saturated carbocycles. The Bertz CT molecular complexity index is 1200. The molecular formula is C29H29ClN2O. The Kier molecular flexibility index (Phi) is 7.31. The van der Waals surface area contributed by atoms with Crippen LogP contribution >= 0.6 is 11.6 Å². The number of aromatic nitrogens is 1. The van der Waals surface area contributed by atoms with E-state index in [1.807, 2.05) is 83.9 Å². The lowest BCUT2D eigenvalue weighted by atomic mass is 10.0. The maximum Gasteiger partial charge on any atom is 0.254 e. The van der Waals surface area contributed by atoms with Crippen LogP contribution in [0.25, 0.3) is 11.1 Å². The van der Waals surface area contributed by atoms with Gasteiger partial charge >= 0.3 is 0 Å². The standard InChI is InChI=1S/C29H29ClN2O/c1-3-22(2)32(21-27-13-9-19-31(27)20-26-12-7-8-14-28(26)30)29(33)25-17-15-24(16-18-25)23-10-5-4-6-11-23/h4-19,22H,3,20-21H2,1-2H3. The zero-order valence-corrected chi connectivity index (χ0v) is 19.9. The zero-order valence-electron chi connectivity index (χ0n) is 19.1. The van der Waals surface area contributed by atoms with Crippen molar-refractivity contribution in [2.24, 2.45) is 0 Å². The number of benzene rings is 3. The van der Waals surface area contributed by atoms with Crippen molar-refractivity contribution in [2.75, 3.05) is 0 Å².